The van der Waals surface area contributed by atoms with Crippen LogP contribution in [0.3, 0.4) is 0 Å². The van der Waals surface area contributed by atoms with Gasteiger partial charge in [0.25, 0.3) is 0 Å². The van der Waals surface area contributed by atoms with E-state index in [1.54, 1.807) is 7.11 Å². The SMILES string of the molecule is CCCCC(CC)CC(=O)C1(OC)CCCCC1(C)CCCC. The molecule has 3 atom stereocenters. The highest BCUT2D eigenvalue weighted by Gasteiger charge is 2.54. The first-order chi connectivity index (χ1) is 11.0. The lowest BCUT2D eigenvalue weighted by molar-refractivity contribution is -0.171. The molecule has 0 aromatic heterocycles. The first kappa shape index (κ1) is 20.7. The lowest BCUT2D eigenvalue weighted by atomic mass is 9.59. The number of carbonyl (C=O) groups is 1. The van der Waals surface area contributed by atoms with E-state index >= 15 is 0 Å². The van der Waals surface area contributed by atoms with Crippen LogP contribution in [-0.4, -0.2) is 18.5 Å². The van der Waals surface area contributed by atoms with Crippen molar-refractivity contribution >= 4 is 5.78 Å². The minimum Gasteiger partial charge on any atom is -0.370 e. The molecular formula is C21H40O2. The molecule has 136 valence electrons. The maximum atomic E-state index is 13.3. The van der Waals surface area contributed by atoms with E-state index in [-0.39, 0.29) is 5.41 Å². The Balaban J connectivity index is 2.92. The summed E-state index contributed by atoms with van der Waals surface area (Å²) in [4.78, 5) is 13.3. The second-order valence-corrected chi connectivity index (χ2v) is 7.95. The molecule has 1 fully saturated rings. The van der Waals surface area contributed by atoms with Crippen molar-refractivity contribution in [3.63, 3.8) is 0 Å². The molecule has 0 N–H and O–H groups in total. The van der Waals surface area contributed by atoms with Crippen LogP contribution in [0.5, 0.6) is 0 Å². The number of Topliss-reactive ketones (excluding diaryl/α,β-unsaturated/α-hetero) is 1. The zero-order valence-corrected chi connectivity index (χ0v) is 16.4. The lowest BCUT2D eigenvalue weighted by Crippen LogP contribution is -2.56. The second-order valence-electron chi connectivity index (χ2n) is 7.95. The van der Waals surface area contributed by atoms with Crippen molar-refractivity contribution < 1.29 is 9.53 Å². The van der Waals surface area contributed by atoms with Crippen molar-refractivity contribution in [2.24, 2.45) is 11.3 Å². The number of ether oxygens (including phenoxy) is 1. The van der Waals surface area contributed by atoms with Crippen molar-refractivity contribution in [1.29, 1.82) is 0 Å². The summed E-state index contributed by atoms with van der Waals surface area (Å²) in [5.41, 5.74) is -0.504. The monoisotopic (exact) mass is 324 g/mol. The highest BCUT2D eigenvalue weighted by Crippen LogP contribution is 2.51. The Bertz CT molecular complexity index is 352. The van der Waals surface area contributed by atoms with Gasteiger partial charge in [-0.05, 0) is 25.2 Å². The Morgan fingerprint density at radius 2 is 1.74 bits per heavy atom. The van der Waals surface area contributed by atoms with Crippen LogP contribution in [0.15, 0.2) is 0 Å². The molecule has 1 saturated carbocycles. The van der Waals surface area contributed by atoms with Gasteiger partial charge in [0.2, 0.25) is 0 Å². The zero-order chi connectivity index (χ0) is 17.3. The molecule has 1 aliphatic carbocycles. The summed E-state index contributed by atoms with van der Waals surface area (Å²) in [6.07, 6.45) is 13.4. The molecule has 0 amide bonds. The highest BCUT2D eigenvalue weighted by molar-refractivity contribution is 5.88. The van der Waals surface area contributed by atoms with Crippen molar-refractivity contribution in [2.75, 3.05) is 7.11 Å². The van der Waals surface area contributed by atoms with Gasteiger partial charge in [0.15, 0.2) is 5.78 Å². The van der Waals surface area contributed by atoms with Crippen LogP contribution >= 0.6 is 0 Å². The summed E-state index contributed by atoms with van der Waals surface area (Å²) >= 11 is 0. The number of hydrogen-bond acceptors (Lipinski definition) is 2. The zero-order valence-electron chi connectivity index (χ0n) is 16.4. The smallest absolute Gasteiger partial charge is 0.165 e. The molecule has 2 heteroatoms. The van der Waals surface area contributed by atoms with Gasteiger partial charge in [-0.1, -0.05) is 79.1 Å². The van der Waals surface area contributed by atoms with E-state index < -0.39 is 5.60 Å². The fourth-order valence-electron chi connectivity index (χ4n) is 4.60. The first-order valence-corrected chi connectivity index (χ1v) is 10.1. The van der Waals surface area contributed by atoms with Crippen molar-refractivity contribution in [3.05, 3.63) is 0 Å². The lowest BCUT2D eigenvalue weighted by Gasteiger charge is -2.50. The Labute approximate surface area is 144 Å². The van der Waals surface area contributed by atoms with Gasteiger partial charge in [0.05, 0.1) is 0 Å². The number of hydrogen-bond donors (Lipinski definition) is 0. The third kappa shape index (κ3) is 4.81. The van der Waals surface area contributed by atoms with Crippen LogP contribution < -0.4 is 0 Å². The first-order valence-electron chi connectivity index (χ1n) is 10.1. The summed E-state index contributed by atoms with van der Waals surface area (Å²) in [6, 6.07) is 0. The Morgan fingerprint density at radius 3 is 2.30 bits per heavy atom. The van der Waals surface area contributed by atoms with Gasteiger partial charge in [-0.3, -0.25) is 4.79 Å². The fourth-order valence-corrected chi connectivity index (χ4v) is 4.60. The third-order valence-corrected chi connectivity index (χ3v) is 6.38. The molecule has 0 heterocycles. The molecule has 23 heavy (non-hydrogen) atoms. The molecule has 0 saturated heterocycles. The Hall–Kier alpha value is -0.370. The van der Waals surface area contributed by atoms with Gasteiger partial charge in [0, 0.05) is 18.9 Å². The van der Waals surface area contributed by atoms with Gasteiger partial charge in [0.1, 0.15) is 5.60 Å². The van der Waals surface area contributed by atoms with Gasteiger partial charge >= 0.3 is 0 Å². The van der Waals surface area contributed by atoms with Crippen LogP contribution in [0, 0.1) is 11.3 Å². The predicted molar refractivity (Wildman–Crippen MR) is 98.8 cm³/mol. The normalized spacial score (nSPS) is 29.4. The van der Waals surface area contributed by atoms with Gasteiger partial charge < -0.3 is 4.74 Å². The molecule has 0 radical (unpaired) electrons. The number of ketones is 1. The number of rotatable bonds is 11. The fraction of sp³-hybridized carbons (Fsp3) is 0.952. The molecule has 0 aromatic carbocycles. The summed E-state index contributed by atoms with van der Waals surface area (Å²) in [5.74, 6) is 0.924. The van der Waals surface area contributed by atoms with E-state index in [4.69, 9.17) is 4.74 Å². The average Bonchev–Trinajstić information content (AvgIpc) is 2.57. The van der Waals surface area contributed by atoms with Gasteiger partial charge in [-0.25, -0.2) is 0 Å². The Morgan fingerprint density at radius 1 is 1.09 bits per heavy atom. The maximum absolute atomic E-state index is 13.3. The number of methoxy groups -OCH3 is 1. The molecule has 0 aromatic rings. The summed E-state index contributed by atoms with van der Waals surface area (Å²) in [6.45, 7) is 9.01. The minimum atomic E-state index is -0.528. The summed E-state index contributed by atoms with van der Waals surface area (Å²) in [5, 5.41) is 0. The molecule has 0 aliphatic heterocycles. The molecule has 1 aliphatic rings. The van der Waals surface area contributed by atoms with Crippen LogP contribution in [0.1, 0.15) is 105 Å². The van der Waals surface area contributed by atoms with Crippen LogP contribution in [-0.2, 0) is 9.53 Å². The Kier molecular flexibility index (Phi) is 8.82. The quantitative estimate of drug-likeness (QED) is 0.444. The van der Waals surface area contributed by atoms with E-state index in [2.05, 4.69) is 27.7 Å². The minimum absolute atomic E-state index is 0.0239. The van der Waals surface area contributed by atoms with Crippen LogP contribution in [0.2, 0.25) is 0 Å². The van der Waals surface area contributed by atoms with Crippen molar-refractivity contribution in [1.82, 2.24) is 0 Å². The van der Waals surface area contributed by atoms with E-state index in [1.165, 1.54) is 38.5 Å². The molecular weight excluding hydrogens is 284 g/mol. The van der Waals surface area contributed by atoms with E-state index in [0.29, 0.717) is 18.1 Å². The highest BCUT2D eigenvalue weighted by atomic mass is 16.5. The predicted octanol–water partition coefficient (Wildman–Crippen LogP) is 6.32. The van der Waals surface area contributed by atoms with Crippen molar-refractivity contribution in [2.45, 2.75) is 110 Å². The molecule has 2 nitrogen and oxygen atoms in total. The number of unbranched alkanes of at least 4 members (excludes halogenated alkanes) is 2. The summed E-state index contributed by atoms with van der Waals surface area (Å²) in [7, 11) is 1.78. The van der Waals surface area contributed by atoms with E-state index in [0.717, 1.165) is 32.1 Å². The van der Waals surface area contributed by atoms with E-state index in [1.807, 2.05) is 0 Å². The number of carbonyl (C=O) groups excluding carboxylic acids is 1. The average molecular weight is 325 g/mol. The summed E-state index contributed by atoms with van der Waals surface area (Å²) < 4.78 is 6.05. The molecule has 0 spiro atoms. The van der Waals surface area contributed by atoms with Gasteiger partial charge in [-0.2, -0.15) is 0 Å². The maximum Gasteiger partial charge on any atom is 0.165 e. The van der Waals surface area contributed by atoms with Crippen LogP contribution in [0.25, 0.3) is 0 Å². The topological polar surface area (TPSA) is 26.3 Å². The standard InChI is InChI=1S/C21H40O2/c1-6-9-13-18(8-3)17-19(22)21(23-5)16-12-11-15-20(21,4)14-10-7-2/h18H,6-17H2,1-5H3. The molecule has 3 unspecified atom stereocenters. The van der Waals surface area contributed by atoms with Crippen molar-refractivity contribution in [3.8, 4) is 0 Å². The largest absolute Gasteiger partial charge is 0.370 e. The molecule has 0 bridgehead atoms. The van der Waals surface area contributed by atoms with E-state index in [9.17, 15) is 4.79 Å². The van der Waals surface area contributed by atoms with Crippen LogP contribution in [0.4, 0.5) is 0 Å². The molecule has 1 rings (SSSR count). The van der Waals surface area contributed by atoms with Gasteiger partial charge in [-0.15, -0.1) is 0 Å². The third-order valence-electron chi connectivity index (χ3n) is 6.38. The second kappa shape index (κ2) is 9.81.